The first-order valence-electron chi connectivity index (χ1n) is 6.03. The van der Waals surface area contributed by atoms with Gasteiger partial charge in [0, 0.05) is 18.4 Å². The molecule has 1 saturated carbocycles. The molecule has 2 rings (SSSR count). The lowest BCUT2D eigenvalue weighted by atomic mass is 9.76. The van der Waals surface area contributed by atoms with Crippen LogP contribution in [0.25, 0.3) is 0 Å². The zero-order chi connectivity index (χ0) is 14.1. The molecule has 1 aliphatic rings. The van der Waals surface area contributed by atoms with E-state index in [-0.39, 0.29) is 31.4 Å². The molecule has 1 aromatic rings. The molecule has 0 aliphatic heterocycles. The van der Waals surface area contributed by atoms with E-state index in [4.69, 9.17) is 5.73 Å². The Morgan fingerprint density at radius 3 is 2.32 bits per heavy atom. The van der Waals surface area contributed by atoms with Gasteiger partial charge in [-0.25, -0.2) is 8.78 Å². The third-order valence-electron chi connectivity index (χ3n) is 3.51. The fourth-order valence-electron chi connectivity index (χ4n) is 2.33. The highest BCUT2D eigenvalue weighted by Crippen LogP contribution is 2.42. The van der Waals surface area contributed by atoms with E-state index in [2.05, 4.69) is 4.74 Å². The van der Waals surface area contributed by atoms with Crippen molar-refractivity contribution in [2.24, 2.45) is 5.73 Å². The Kier molecular flexibility index (Phi) is 3.71. The van der Waals surface area contributed by atoms with Gasteiger partial charge in [0.2, 0.25) is 5.92 Å². The van der Waals surface area contributed by atoms with Crippen LogP contribution in [0.1, 0.15) is 31.2 Å². The Balaban J connectivity index is 2.17. The van der Waals surface area contributed by atoms with Crippen LogP contribution >= 0.6 is 0 Å². The molecule has 0 atom stereocenters. The van der Waals surface area contributed by atoms with Gasteiger partial charge in [0.25, 0.3) is 0 Å². The van der Waals surface area contributed by atoms with Gasteiger partial charge >= 0.3 is 6.61 Å². The van der Waals surface area contributed by atoms with E-state index in [1.54, 1.807) is 6.07 Å². The Bertz CT molecular complexity index is 440. The van der Waals surface area contributed by atoms with E-state index in [0.29, 0.717) is 5.56 Å². The highest BCUT2D eigenvalue weighted by molar-refractivity contribution is 5.33. The number of rotatable bonds is 3. The van der Waals surface area contributed by atoms with E-state index in [1.807, 2.05) is 0 Å². The lowest BCUT2D eigenvalue weighted by Crippen LogP contribution is -2.43. The third kappa shape index (κ3) is 3.37. The van der Waals surface area contributed by atoms with Gasteiger partial charge in [-0.3, -0.25) is 0 Å². The van der Waals surface area contributed by atoms with E-state index in [0.717, 1.165) is 0 Å². The molecule has 0 heterocycles. The minimum atomic E-state index is -2.92. The quantitative estimate of drug-likeness (QED) is 0.856. The van der Waals surface area contributed by atoms with Crippen molar-refractivity contribution in [2.75, 3.05) is 0 Å². The lowest BCUT2D eigenvalue weighted by molar-refractivity contribution is -0.0523. The molecule has 6 heteroatoms. The first kappa shape index (κ1) is 14.1. The molecular weight excluding hydrogens is 262 g/mol. The summed E-state index contributed by atoms with van der Waals surface area (Å²) in [6.45, 7) is -2.92. The van der Waals surface area contributed by atoms with Gasteiger partial charge in [0.15, 0.2) is 0 Å². The predicted octanol–water partition coefficient (Wildman–Crippen LogP) is 3.65. The van der Waals surface area contributed by atoms with Crippen molar-refractivity contribution in [3.8, 4) is 5.75 Å². The maximum atomic E-state index is 13.1. The van der Waals surface area contributed by atoms with Crippen LogP contribution in [0, 0.1) is 0 Å². The molecule has 0 unspecified atom stereocenters. The molecule has 0 amide bonds. The molecule has 1 fully saturated rings. The zero-order valence-electron chi connectivity index (χ0n) is 10.2. The fraction of sp³-hybridized carbons (Fsp3) is 0.538. The minimum Gasteiger partial charge on any atom is -0.435 e. The fourth-order valence-corrected chi connectivity index (χ4v) is 2.33. The van der Waals surface area contributed by atoms with Gasteiger partial charge in [-0.05, 0) is 30.5 Å². The van der Waals surface area contributed by atoms with Crippen molar-refractivity contribution in [3.63, 3.8) is 0 Å². The highest BCUT2D eigenvalue weighted by atomic mass is 19.3. The molecule has 2 N–H and O–H groups in total. The van der Waals surface area contributed by atoms with E-state index < -0.39 is 18.1 Å². The SMILES string of the molecule is NC1(c2cccc(OC(F)F)c2)CCC(F)(F)CC1. The van der Waals surface area contributed by atoms with E-state index >= 15 is 0 Å². The minimum absolute atomic E-state index is 0.00495. The summed E-state index contributed by atoms with van der Waals surface area (Å²) < 4.78 is 54.8. The normalized spacial score (nSPS) is 21.4. The van der Waals surface area contributed by atoms with Gasteiger partial charge in [-0.15, -0.1) is 0 Å². The number of nitrogens with two attached hydrogens (primary N) is 1. The average molecular weight is 277 g/mol. The Morgan fingerprint density at radius 2 is 1.74 bits per heavy atom. The molecule has 1 aliphatic carbocycles. The van der Waals surface area contributed by atoms with E-state index in [9.17, 15) is 17.6 Å². The summed E-state index contributed by atoms with van der Waals surface area (Å²) in [7, 11) is 0. The number of hydrogen-bond donors (Lipinski definition) is 1. The van der Waals surface area contributed by atoms with Gasteiger partial charge in [0.1, 0.15) is 5.75 Å². The topological polar surface area (TPSA) is 35.2 Å². The smallest absolute Gasteiger partial charge is 0.387 e. The standard InChI is InChI=1S/C13H15F4NO/c14-11(15)19-10-3-1-2-9(8-10)12(18)4-6-13(16,17)7-5-12/h1-3,8,11H,4-7,18H2. The molecule has 0 spiro atoms. The molecular formula is C13H15F4NO. The van der Waals surface area contributed by atoms with Crippen LogP contribution in [0.4, 0.5) is 17.6 Å². The molecule has 0 saturated heterocycles. The Morgan fingerprint density at radius 1 is 1.11 bits per heavy atom. The summed E-state index contributed by atoms with van der Waals surface area (Å²) in [6.07, 6.45) is -0.330. The van der Waals surface area contributed by atoms with Gasteiger partial charge in [-0.2, -0.15) is 8.78 Å². The highest BCUT2D eigenvalue weighted by Gasteiger charge is 2.42. The van der Waals surface area contributed by atoms with Crippen LogP contribution in [0.2, 0.25) is 0 Å². The Labute approximate surface area is 108 Å². The summed E-state index contributed by atoms with van der Waals surface area (Å²) in [5.41, 5.74) is 5.78. The first-order chi connectivity index (χ1) is 8.81. The van der Waals surface area contributed by atoms with Crippen LogP contribution in [0.5, 0.6) is 5.75 Å². The summed E-state index contributed by atoms with van der Waals surface area (Å²) in [6, 6.07) is 5.97. The molecule has 19 heavy (non-hydrogen) atoms. The zero-order valence-corrected chi connectivity index (χ0v) is 10.2. The predicted molar refractivity (Wildman–Crippen MR) is 62.4 cm³/mol. The first-order valence-corrected chi connectivity index (χ1v) is 6.03. The van der Waals surface area contributed by atoms with E-state index in [1.165, 1.54) is 18.2 Å². The summed E-state index contributed by atoms with van der Waals surface area (Å²) in [4.78, 5) is 0. The van der Waals surface area contributed by atoms with Crippen LogP contribution in [0.3, 0.4) is 0 Å². The van der Waals surface area contributed by atoms with Crippen LogP contribution in [0.15, 0.2) is 24.3 Å². The number of benzene rings is 1. The second-order valence-corrected chi connectivity index (χ2v) is 4.92. The van der Waals surface area contributed by atoms with Crippen LogP contribution < -0.4 is 10.5 Å². The molecule has 106 valence electrons. The molecule has 1 aromatic carbocycles. The van der Waals surface area contributed by atoms with Crippen LogP contribution in [-0.4, -0.2) is 12.5 Å². The van der Waals surface area contributed by atoms with Gasteiger partial charge in [0.05, 0.1) is 0 Å². The number of alkyl halides is 4. The molecule has 0 aromatic heterocycles. The van der Waals surface area contributed by atoms with Crippen molar-refractivity contribution >= 4 is 0 Å². The average Bonchev–Trinajstić information content (AvgIpc) is 2.33. The van der Waals surface area contributed by atoms with Crippen molar-refractivity contribution < 1.29 is 22.3 Å². The van der Waals surface area contributed by atoms with Crippen molar-refractivity contribution in [3.05, 3.63) is 29.8 Å². The number of ether oxygens (including phenoxy) is 1. The maximum Gasteiger partial charge on any atom is 0.387 e. The third-order valence-corrected chi connectivity index (χ3v) is 3.51. The second-order valence-electron chi connectivity index (χ2n) is 4.92. The Hall–Kier alpha value is -1.30. The van der Waals surface area contributed by atoms with Crippen molar-refractivity contribution in [2.45, 2.75) is 43.8 Å². The van der Waals surface area contributed by atoms with Gasteiger partial charge < -0.3 is 10.5 Å². The molecule has 0 radical (unpaired) electrons. The molecule has 2 nitrogen and oxygen atoms in total. The number of halogens is 4. The lowest BCUT2D eigenvalue weighted by Gasteiger charge is -2.37. The maximum absolute atomic E-state index is 13.1. The largest absolute Gasteiger partial charge is 0.435 e. The molecule has 0 bridgehead atoms. The number of hydrogen-bond acceptors (Lipinski definition) is 2. The summed E-state index contributed by atoms with van der Waals surface area (Å²) in [5, 5.41) is 0. The summed E-state index contributed by atoms with van der Waals surface area (Å²) >= 11 is 0. The van der Waals surface area contributed by atoms with Crippen LogP contribution in [-0.2, 0) is 5.54 Å². The van der Waals surface area contributed by atoms with Gasteiger partial charge in [-0.1, -0.05) is 12.1 Å². The monoisotopic (exact) mass is 277 g/mol. The van der Waals surface area contributed by atoms with Crippen molar-refractivity contribution in [1.82, 2.24) is 0 Å². The second kappa shape index (κ2) is 5.00. The summed E-state index contributed by atoms with van der Waals surface area (Å²) in [5.74, 6) is -2.69. The van der Waals surface area contributed by atoms with Crippen molar-refractivity contribution in [1.29, 1.82) is 0 Å².